The van der Waals surface area contributed by atoms with Crippen LogP contribution < -0.4 is 10.1 Å². The third-order valence-electron chi connectivity index (χ3n) is 2.54. The maximum atomic E-state index is 5.82. The first-order valence-corrected chi connectivity index (χ1v) is 6.03. The molecule has 0 saturated heterocycles. The summed E-state index contributed by atoms with van der Waals surface area (Å²) in [4.78, 5) is 8.33. The molecule has 0 atom stereocenters. The molecule has 0 unspecified atom stereocenters. The van der Waals surface area contributed by atoms with Crippen LogP contribution in [0.1, 0.15) is 18.2 Å². The van der Waals surface area contributed by atoms with E-state index in [1.54, 1.807) is 12.4 Å². The van der Waals surface area contributed by atoms with Gasteiger partial charge in [-0.05, 0) is 31.7 Å². The van der Waals surface area contributed by atoms with Gasteiger partial charge in [-0.25, -0.2) is 0 Å². The van der Waals surface area contributed by atoms with Crippen molar-refractivity contribution in [3.05, 3.63) is 48.0 Å². The van der Waals surface area contributed by atoms with Crippen molar-refractivity contribution >= 4 is 0 Å². The molecule has 94 valence electrons. The van der Waals surface area contributed by atoms with Gasteiger partial charge in [0.1, 0.15) is 11.5 Å². The standard InChI is InChI=1S/C14H17N3O/c1-3-15-8-12-9-16-7-6-14(12)18-13-5-4-11(2)17-10-13/h4-7,9-10,15H,3,8H2,1-2H3. The Labute approximate surface area is 107 Å². The predicted octanol–water partition coefficient (Wildman–Crippen LogP) is 2.69. The Hall–Kier alpha value is -1.94. The molecule has 1 N–H and O–H groups in total. The van der Waals surface area contributed by atoms with Gasteiger partial charge in [0.25, 0.3) is 0 Å². The van der Waals surface area contributed by atoms with Gasteiger partial charge in [-0.2, -0.15) is 0 Å². The van der Waals surface area contributed by atoms with Crippen molar-refractivity contribution in [2.75, 3.05) is 6.54 Å². The summed E-state index contributed by atoms with van der Waals surface area (Å²) in [5, 5.41) is 3.26. The first-order chi connectivity index (χ1) is 8.79. The molecule has 18 heavy (non-hydrogen) atoms. The second kappa shape index (κ2) is 6.12. The highest BCUT2D eigenvalue weighted by Crippen LogP contribution is 2.23. The highest BCUT2D eigenvalue weighted by atomic mass is 16.5. The fraction of sp³-hybridized carbons (Fsp3) is 0.286. The smallest absolute Gasteiger partial charge is 0.145 e. The van der Waals surface area contributed by atoms with Gasteiger partial charge in [0.05, 0.1) is 6.20 Å². The Balaban J connectivity index is 2.15. The molecule has 0 bridgehead atoms. The van der Waals surface area contributed by atoms with E-state index in [1.807, 2.05) is 31.3 Å². The first kappa shape index (κ1) is 12.5. The number of aryl methyl sites for hydroxylation is 1. The summed E-state index contributed by atoms with van der Waals surface area (Å²) < 4.78 is 5.82. The summed E-state index contributed by atoms with van der Waals surface area (Å²) >= 11 is 0. The lowest BCUT2D eigenvalue weighted by Gasteiger charge is -2.10. The average molecular weight is 243 g/mol. The fourth-order valence-electron chi connectivity index (χ4n) is 1.55. The largest absolute Gasteiger partial charge is 0.455 e. The molecule has 0 aliphatic heterocycles. The average Bonchev–Trinajstić information content (AvgIpc) is 2.40. The summed E-state index contributed by atoms with van der Waals surface area (Å²) in [5.74, 6) is 1.56. The summed E-state index contributed by atoms with van der Waals surface area (Å²) in [6.45, 7) is 5.69. The van der Waals surface area contributed by atoms with Crippen molar-refractivity contribution in [1.82, 2.24) is 15.3 Å². The second-order valence-corrected chi connectivity index (χ2v) is 4.00. The van der Waals surface area contributed by atoms with Crippen molar-refractivity contribution < 1.29 is 4.74 Å². The number of nitrogens with zero attached hydrogens (tertiary/aromatic N) is 2. The zero-order valence-corrected chi connectivity index (χ0v) is 10.7. The van der Waals surface area contributed by atoms with E-state index in [-0.39, 0.29) is 0 Å². The van der Waals surface area contributed by atoms with Crippen LogP contribution in [0.3, 0.4) is 0 Å². The summed E-state index contributed by atoms with van der Waals surface area (Å²) in [5.41, 5.74) is 2.02. The van der Waals surface area contributed by atoms with Crippen LogP contribution in [-0.2, 0) is 6.54 Å². The van der Waals surface area contributed by atoms with Crippen molar-refractivity contribution in [3.63, 3.8) is 0 Å². The molecule has 0 spiro atoms. The van der Waals surface area contributed by atoms with Crippen LogP contribution >= 0.6 is 0 Å². The molecule has 0 amide bonds. The van der Waals surface area contributed by atoms with Gasteiger partial charge in [0.15, 0.2) is 0 Å². The second-order valence-electron chi connectivity index (χ2n) is 4.00. The molecule has 0 saturated carbocycles. The monoisotopic (exact) mass is 243 g/mol. The summed E-state index contributed by atoms with van der Waals surface area (Å²) in [6, 6.07) is 5.72. The minimum Gasteiger partial charge on any atom is -0.455 e. The van der Waals surface area contributed by atoms with E-state index < -0.39 is 0 Å². The van der Waals surface area contributed by atoms with Crippen LogP contribution in [0.5, 0.6) is 11.5 Å². The van der Waals surface area contributed by atoms with Crippen molar-refractivity contribution in [3.8, 4) is 11.5 Å². The lowest BCUT2D eigenvalue weighted by Crippen LogP contribution is -2.12. The lowest BCUT2D eigenvalue weighted by atomic mass is 10.2. The third-order valence-corrected chi connectivity index (χ3v) is 2.54. The Kier molecular flexibility index (Phi) is 4.25. The van der Waals surface area contributed by atoms with Crippen LogP contribution in [-0.4, -0.2) is 16.5 Å². The number of nitrogens with one attached hydrogen (secondary N) is 1. The van der Waals surface area contributed by atoms with E-state index in [0.29, 0.717) is 0 Å². The molecule has 0 fully saturated rings. The molecule has 4 nitrogen and oxygen atoms in total. The van der Waals surface area contributed by atoms with Crippen LogP contribution in [0, 0.1) is 6.92 Å². The maximum Gasteiger partial charge on any atom is 0.145 e. The highest BCUT2D eigenvalue weighted by Gasteiger charge is 2.04. The van der Waals surface area contributed by atoms with Crippen molar-refractivity contribution in [2.45, 2.75) is 20.4 Å². The van der Waals surface area contributed by atoms with Gasteiger partial charge in [0, 0.05) is 30.2 Å². The number of hydrogen-bond acceptors (Lipinski definition) is 4. The molecule has 4 heteroatoms. The van der Waals surface area contributed by atoms with Crippen LogP contribution in [0.4, 0.5) is 0 Å². The summed E-state index contributed by atoms with van der Waals surface area (Å²) in [6.07, 6.45) is 5.28. The first-order valence-electron chi connectivity index (χ1n) is 6.03. The van der Waals surface area contributed by atoms with E-state index in [0.717, 1.165) is 35.8 Å². The number of pyridine rings is 2. The van der Waals surface area contributed by atoms with Crippen molar-refractivity contribution in [2.24, 2.45) is 0 Å². The fourth-order valence-corrected chi connectivity index (χ4v) is 1.55. The van der Waals surface area contributed by atoms with Gasteiger partial charge in [-0.1, -0.05) is 6.92 Å². The minimum absolute atomic E-state index is 0.740. The molecule has 0 aliphatic rings. The maximum absolute atomic E-state index is 5.82. The van der Waals surface area contributed by atoms with E-state index in [2.05, 4.69) is 22.2 Å². The zero-order valence-electron chi connectivity index (χ0n) is 10.7. The zero-order chi connectivity index (χ0) is 12.8. The molecule has 0 radical (unpaired) electrons. The molecule has 0 aliphatic carbocycles. The molecule has 2 aromatic heterocycles. The Bertz CT molecular complexity index is 497. The van der Waals surface area contributed by atoms with E-state index in [4.69, 9.17) is 4.74 Å². The Morgan fingerprint density at radius 1 is 1.22 bits per heavy atom. The third kappa shape index (κ3) is 3.28. The minimum atomic E-state index is 0.740. The van der Waals surface area contributed by atoms with E-state index in [9.17, 15) is 0 Å². The van der Waals surface area contributed by atoms with Gasteiger partial charge in [-0.15, -0.1) is 0 Å². The number of aromatic nitrogens is 2. The molecule has 2 heterocycles. The molecule has 2 rings (SSSR count). The van der Waals surface area contributed by atoms with Crippen LogP contribution in [0.2, 0.25) is 0 Å². The molecular formula is C14H17N3O. The predicted molar refractivity (Wildman–Crippen MR) is 70.7 cm³/mol. The van der Waals surface area contributed by atoms with E-state index >= 15 is 0 Å². The molecule has 0 aromatic carbocycles. The Morgan fingerprint density at radius 3 is 2.83 bits per heavy atom. The normalized spacial score (nSPS) is 10.3. The number of ether oxygens (including phenoxy) is 1. The van der Waals surface area contributed by atoms with Gasteiger partial charge >= 0.3 is 0 Å². The Morgan fingerprint density at radius 2 is 2.11 bits per heavy atom. The van der Waals surface area contributed by atoms with Crippen molar-refractivity contribution in [1.29, 1.82) is 0 Å². The quantitative estimate of drug-likeness (QED) is 0.877. The number of hydrogen-bond donors (Lipinski definition) is 1. The van der Waals surface area contributed by atoms with Gasteiger partial charge in [0.2, 0.25) is 0 Å². The lowest BCUT2D eigenvalue weighted by molar-refractivity contribution is 0.469. The van der Waals surface area contributed by atoms with Gasteiger partial charge < -0.3 is 10.1 Å². The SMILES string of the molecule is CCNCc1cnccc1Oc1ccc(C)nc1. The number of rotatable bonds is 5. The van der Waals surface area contributed by atoms with Crippen LogP contribution in [0.15, 0.2) is 36.8 Å². The molecular weight excluding hydrogens is 226 g/mol. The topological polar surface area (TPSA) is 47.0 Å². The van der Waals surface area contributed by atoms with E-state index in [1.165, 1.54) is 0 Å². The molecule has 2 aromatic rings. The van der Waals surface area contributed by atoms with Crippen LogP contribution in [0.25, 0.3) is 0 Å². The summed E-state index contributed by atoms with van der Waals surface area (Å²) in [7, 11) is 0. The van der Waals surface area contributed by atoms with Gasteiger partial charge in [-0.3, -0.25) is 9.97 Å². The highest BCUT2D eigenvalue weighted by molar-refractivity contribution is 5.35.